The third-order valence-corrected chi connectivity index (χ3v) is 4.23. The second kappa shape index (κ2) is 8.30. The lowest BCUT2D eigenvalue weighted by atomic mass is 10.1. The Kier molecular flexibility index (Phi) is 5.64. The Labute approximate surface area is 163 Å². The Morgan fingerprint density at radius 1 is 0.821 bits per heavy atom. The molecular formula is C21H21N5O2. The third-order valence-electron chi connectivity index (χ3n) is 4.23. The van der Waals surface area contributed by atoms with Crippen LogP contribution in [0.3, 0.4) is 0 Å². The number of hydrogen-bond donors (Lipinski definition) is 3. The van der Waals surface area contributed by atoms with E-state index in [-0.39, 0.29) is 17.5 Å². The second-order valence-electron chi connectivity index (χ2n) is 6.39. The molecule has 0 bridgehead atoms. The molecule has 0 fully saturated rings. The highest BCUT2D eigenvalue weighted by atomic mass is 16.2. The number of hydrogen-bond acceptors (Lipinski definition) is 5. The first kappa shape index (κ1) is 19.0. The van der Waals surface area contributed by atoms with Gasteiger partial charge in [-0.1, -0.05) is 12.1 Å². The highest BCUT2D eigenvalue weighted by molar-refractivity contribution is 6.03. The number of amides is 2. The molecule has 2 aromatic carbocycles. The van der Waals surface area contributed by atoms with Gasteiger partial charge in [0.2, 0.25) is 5.91 Å². The van der Waals surface area contributed by atoms with Gasteiger partial charge >= 0.3 is 0 Å². The van der Waals surface area contributed by atoms with E-state index in [2.05, 4.69) is 26.1 Å². The summed E-state index contributed by atoms with van der Waals surface area (Å²) in [4.78, 5) is 23.4. The minimum absolute atomic E-state index is 0.151. The maximum Gasteiger partial charge on any atom is 0.276 e. The van der Waals surface area contributed by atoms with Gasteiger partial charge in [0.15, 0.2) is 11.5 Å². The van der Waals surface area contributed by atoms with Crippen LogP contribution < -0.4 is 16.0 Å². The summed E-state index contributed by atoms with van der Waals surface area (Å²) < 4.78 is 0. The van der Waals surface area contributed by atoms with Crippen LogP contribution in [-0.2, 0) is 4.79 Å². The number of anilines is 4. The van der Waals surface area contributed by atoms with Crippen LogP contribution in [0.2, 0.25) is 0 Å². The van der Waals surface area contributed by atoms with E-state index in [1.54, 1.807) is 36.4 Å². The van der Waals surface area contributed by atoms with Crippen molar-refractivity contribution in [2.24, 2.45) is 0 Å². The molecule has 3 N–H and O–H groups in total. The Bertz CT molecular complexity index is 998. The summed E-state index contributed by atoms with van der Waals surface area (Å²) in [7, 11) is 0. The average molecular weight is 375 g/mol. The molecule has 3 rings (SSSR count). The Hall–Kier alpha value is -3.74. The summed E-state index contributed by atoms with van der Waals surface area (Å²) in [5.74, 6) is 0.0459. The van der Waals surface area contributed by atoms with Crippen LogP contribution in [-0.4, -0.2) is 22.0 Å². The van der Waals surface area contributed by atoms with E-state index in [4.69, 9.17) is 0 Å². The predicted octanol–water partition coefficient (Wildman–Crippen LogP) is 4.05. The molecule has 0 aliphatic carbocycles. The van der Waals surface area contributed by atoms with Crippen molar-refractivity contribution >= 4 is 34.7 Å². The molecule has 28 heavy (non-hydrogen) atoms. The molecule has 1 heterocycles. The lowest BCUT2D eigenvalue weighted by Crippen LogP contribution is -2.14. The summed E-state index contributed by atoms with van der Waals surface area (Å²) in [5.41, 5.74) is 4.72. The van der Waals surface area contributed by atoms with Crippen LogP contribution in [0.5, 0.6) is 0 Å². The molecule has 0 saturated carbocycles. The molecule has 7 heteroatoms. The molecule has 2 amide bonds. The van der Waals surface area contributed by atoms with Gasteiger partial charge in [-0.15, -0.1) is 10.2 Å². The predicted molar refractivity (Wildman–Crippen MR) is 110 cm³/mol. The zero-order chi connectivity index (χ0) is 20.1. The third kappa shape index (κ3) is 4.70. The zero-order valence-electron chi connectivity index (χ0n) is 15.9. The molecule has 1 aromatic heterocycles. The lowest BCUT2D eigenvalue weighted by Gasteiger charge is -2.10. The van der Waals surface area contributed by atoms with Gasteiger partial charge in [-0.3, -0.25) is 9.59 Å². The normalized spacial score (nSPS) is 10.2. The van der Waals surface area contributed by atoms with E-state index in [0.717, 1.165) is 11.3 Å². The topological polar surface area (TPSA) is 96.0 Å². The van der Waals surface area contributed by atoms with Gasteiger partial charge in [-0.05, 0) is 67.4 Å². The van der Waals surface area contributed by atoms with Crippen molar-refractivity contribution in [2.75, 3.05) is 16.0 Å². The van der Waals surface area contributed by atoms with Crippen molar-refractivity contribution in [3.63, 3.8) is 0 Å². The monoisotopic (exact) mass is 375 g/mol. The van der Waals surface area contributed by atoms with Crippen molar-refractivity contribution in [3.05, 3.63) is 71.4 Å². The number of aryl methyl sites for hydroxylation is 1. The fourth-order valence-electron chi connectivity index (χ4n) is 2.58. The number of nitrogens with zero attached hydrogens (tertiary/aromatic N) is 2. The SMILES string of the molecule is CC(=O)Nc1ccc(NC(=O)c2ccc(Nc3cccc(C)c3C)nn2)cc1. The summed E-state index contributed by atoms with van der Waals surface area (Å²) in [5, 5.41) is 16.7. The van der Waals surface area contributed by atoms with E-state index in [1.807, 2.05) is 32.0 Å². The molecule has 0 atom stereocenters. The number of carbonyl (C=O) groups is 2. The molecular weight excluding hydrogens is 354 g/mol. The molecule has 3 aromatic rings. The molecule has 142 valence electrons. The molecule has 0 radical (unpaired) electrons. The van der Waals surface area contributed by atoms with E-state index in [0.29, 0.717) is 17.2 Å². The first-order chi connectivity index (χ1) is 13.4. The van der Waals surface area contributed by atoms with Crippen molar-refractivity contribution < 1.29 is 9.59 Å². The highest BCUT2D eigenvalue weighted by Gasteiger charge is 2.10. The van der Waals surface area contributed by atoms with Crippen molar-refractivity contribution in [1.82, 2.24) is 10.2 Å². The summed E-state index contributed by atoms with van der Waals surface area (Å²) in [6, 6.07) is 16.1. The Morgan fingerprint density at radius 2 is 1.50 bits per heavy atom. The largest absolute Gasteiger partial charge is 0.339 e. The zero-order valence-corrected chi connectivity index (χ0v) is 15.9. The van der Waals surface area contributed by atoms with Gasteiger partial charge in [0, 0.05) is 24.0 Å². The van der Waals surface area contributed by atoms with E-state index in [9.17, 15) is 9.59 Å². The smallest absolute Gasteiger partial charge is 0.276 e. The van der Waals surface area contributed by atoms with Gasteiger partial charge in [0.25, 0.3) is 5.91 Å². The molecule has 0 unspecified atom stereocenters. The Balaban J connectivity index is 1.65. The van der Waals surface area contributed by atoms with Crippen LogP contribution >= 0.6 is 0 Å². The molecule has 0 aliphatic rings. The maximum absolute atomic E-state index is 12.3. The fraction of sp³-hybridized carbons (Fsp3) is 0.143. The molecule has 0 saturated heterocycles. The number of carbonyl (C=O) groups excluding carboxylic acids is 2. The second-order valence-corrected chi connectivity index (χ2v) is 6.39. The van der Waals surface area contributed by atoms with E-state index in [1.165, 1.54) is 12.5 Å². The van der Waals surface area contributed by atoms with Crippen molar-refractivity contribution in [3.8, 4) is 0 Å². The fourth-order valence-corrected chi connectivity index (χ4v) is 2.58. The molecule has 0 aliphatic heterocycles. The highest BCUT2D eigenvalue weighted by Crippen LogP contribution is 2.21. The molecule has 7 nitrogen and oxygen atoms in total. The summed E-state index contributed by atoms with van der Waals surface area (Å²) in [6.07, 6.45) is 0. The van der Waals surface area contributed by atoms with Crippen LogP contribution in [0, 0.1) is 13.8 Å². The van der Waals surface area contributed by atoms with Gasteiger partial charge in [0.05, 0.1) is 0 Å². The van der Waals surface area contributed by atoms with Gasteiger partial charge in [-0.25, -0.2) is 0 Å². The van der Waals surface area contributed by atoms with Gasteiger partial charge in [-0.2, -0.15) is 0 Å². The standard InChI is InChI=1S/C21H21N5O2/c1-13-5-4-6-18(14(13)2)24-20-12-11-19(25-26-20)21(28)23-17-9-7-16(8-10-17)22-15(3)27/h4-12H,1-3H3,(H,22,27)(H,23,28)(H,24,26). The maximum atomic E-state index is 12.3. The average Bonchev–Trinajstić information content (AvgIpc) is 2.67. The Morgan fingerprint density at radius 3 is 2.11 bits per heavy atom. The van der Waals surface area contributed by atoms with Crippen LogP contribution in [0.1, 0.15) is 28.5 Å². The number of nitrogens with one attached hydrogen (secondary N) is 3. The van der Waals surface area contributed by atoms with Crippen molar-refractivity contribution in [1.29, 1.82) is 0 Å². The van der Waals surface area contributed by atoms with Gasteiger partial charge in [0.1, 0.15) is 0 Å². The minimum atomic E-state index is -0.363. The summed E-state index contributed by atoms with van der Waals surface area (Å²) >= 11 is 0. The van der Waals surface area contributed by atoms with Crippen LogP contribution in [0.4, 0.5) is 22.9 Å². The number of benzene rings is 2. The molecule has 0 spiro atoms. The minimum Gasteiger partial charge on any atom is -0.339 e. The van der Waals surface area contributed by atoms with Crippen molar-refractivity contribution in [2.45, 2.75) is 20.8 Å². The number of aromatic nitrogens is 2. The van der Waals surface area contributed by atoms with E-state index >= 15 is 0 Å². The summed E-state index contributed by atoms with van der Waals surface area (Å²) in [6.45, 7) is 5.51. The first-order valence-corrected chi connectivity index (χ1v) is 8.78. The quantitative estimate of drug-likeness (QED) is 0.625. The van der Waals surface area contributed by atoms with Crippen LogP contribution in [0.25, 0.3) is 0 Å². The lowest BCUT2D eigenvalue weighted by molar-refractivity contribution is -0.114. The van der Waals surface area contributed by atoms with Crippen LogP contribution in [0.15, 0.2) is 54.6 Å². The number of rotatable bonds is 5. The van der Waals surface area contributed by atoms with E-state index < -0.39 is 0 Å². The first-order valence-electron chi connectivity index (χ1n) is 8.78. The van der Waals surface area contributed by atoms with Gasteiger partial charge < -0.3 is 16.0 Å².